The number of hydrogen-bond donors (Lipinski definition) is 1. The van der Waals surface area contributed by atoms with Crippen LogP contribution in [0.3, 0.4) is 0 Å². The standard InChI is InChI=1S/C21H21ClF3NO3/c22-17-5-1-3-15(11-17)20(7-9-28-10-8-20)14-26-19(27)13-29-18-6-2-4-16(12-18)21(23,24)25/h1-6,11-12H,7-10,13-14H2,(H,26,27). The van der Waals surface area contributed by atoms with Crippen molar-refractivity contribution in [1.82, 2.24) is 5.32 Å². The van der Waals surface area contributed by atoms with E-state index in [9.17, 15) is 18.0 Å². The highest BCUT2D eigenvalue weighted by Gasteiger charge is 2.35. The van der Waals surface area contributed by atoms with Crippen molar-refractivity contribution in [2.24, 2.45) is 0 Å². The predicted molar refractivity (Wildman–Crippen MR) is 103 cm³/mol. The van der Waals surface area contributed by atoms with Gasteiger partial charge >= 0.3 is 6.18 Å². The first-order valence-electron chi connectivity index (χ1n) is 9.19. The molecule has 0 bridgehead atoms. The molecular weight excluding hydrogens is 407 g/mol. The average Bonchev–Trinajstić information content (AvgIpc) is 2.71. The van der Waals surface area contributed by atoms with Gasteiger partial charge < -0.3 is 14.8 Å². The van der Waals surface area contributed by atoms with E-state index in [0.29, 0.717) is 24.8 Å². The first-order valence-corrected chi connectivity index (χ1v) is 9.57. The third-order valence-electron chi connectivity index (χ3n) is 5.04. The maximum absolute atomic E-state index is 12.8. The van der Waals surface area contributed by atoms with Crippen LogP contribution in [-0.4, -0.2) is 32.3 Å². The number of amides is 1. The number of carbonyl (C=O) groups is 1. The molecular formula is C21H21ClF3NO3. The first kappa shape index (κ1) is 21.5. The van der Waals surface area contributed by atoms with Gasteiger partial charge in [0.15, 0.2) is 6.61 Å². The minimum Gasteiger partial charge on any atom is -0.484 e. The molecule has 0 aromatic heterocycles. The van der Waals surface area contributed by atoms with E-state index < -0.39 is 17.6 Å². The van der Waals surface area contributed by atoms with Crippen molar-refractivity contribution in [3.8, 4) is 5.75 Å². The lowest BCUT2D eigenvalue weighted by molar-refractivity contribution is -0.137. The molecule has 0 radical (unpaired) electrons. The number of nitrogens with one attached hydrogen (secondary N) is 1. The third-order valence-corrected chi connectivity index (χ3v) is 5.28. The Bertz CT molecular complexity index is 851. The van der Waals surface area contributed by atoms with Crippen molar-refractivity contribution in [3.05, 3.63) is 64.7 Å². The summed E-state index contributed by atoms with van der Waals surface area (Å²) in [5.74, 6) is -0.416. The lowest BCUT2D eigenvalue weighted by Crippen LogP contribution is -2.45. The zero-order valence-corrected chi connectivity index (χ0v) is 16.4. The highest BCUT2D eigenvalue weighted by Crippen LogP contribution is 2.35. The molecule has 4 nitrogen and oxygen atoms in total. The van der Waals surface area contributed by atoms with E-state index in [1.54, 1.807) is 6.07 Å². The zero-order chi connectivity index (χ0) is 20.9. The Labute approximate surface area is 172 Å². The molecule has 0 aliphatic carbocycles. The second-order valence-corrected chi connectivity index (χ2v) is 7.43. The van der Waals surface area contributed by atoms with Crippen LogP contribution in [0.4, 0.5) is 13.2 Å². The van der Waals surface area contributed by atoms with E-state index in [1.165, 1.54) is 12.1 Å². The molecule has 1 N–H and O–H groups in total. The molecule has 1 saturated heterocycles. The molecule has 29 heavy (non-hydrogen) atoms. The van der Waals surface area contributed by atoms with E-state index in [4.69, 9.17) is 21.1 Å². The van der Waals surface area contributed by atoms with E-state index in [1.807, 2.05) is 18.2 Å². The molecule has 8 heteroatoms. The molecule has 2 aromatic rings. The second-order valence-electron chi connectivity index (χ2n) is 6.99. The van der Waals surface area contributed by atoms with Crippen molar-refractivity contribution >= 4 is 17.5 Å². The molecule has 0 saturated carbocycles. The number of carbonyl (C=O) groups excluding carboxylic acids is 1. The van der Waals surface area contributed by atoms with Gasteiger partial charge in [-0.25, -0.2) is 0 Å². The normalized spacial score (nSPS) is 16.3. The van der Waals surface area contributed by atoms with E-state index in [-0.39, 0.29) is 17.8 Å². The van der Waals surface area contributed by atoms with Crippen LogP contribution < -0.4 is 10.1 Å². The summed E-state index contributed by atoms with van der Waals surface area (Å²) >= 11 is 6.13. The van der Waals surface area contributed by atoms with Gasteiger partial charge in [0.05, 0.1) is 5.56 Å². The summed E-state index contributed by atoms with van der Waals surface area (Å²) in [5, 5.41) is 3.46. The Morgan fingerprint density at radius 1 is 1.14 bits per heavy atom. The minimum absolute atomic E-state index is 0.00871. The van der Waals surface area contributed by atoms with Gasteiger partial charge in [-0.15, -0.1) is 0 Å². The number of alkyl halides is 3. The fraction of sp³-hybridized carbons (Fsp3) is 0.381. The Hall–Kier alpha value is -2.25. The van der Waals surface area contributed by atoms with Crippen LogP contribution in [0.5, 0.6) is 5.75 Å². The molecule has 1 fully saturated rings. The fourth-order valence-corrected chi connectivity index (χ4v) is 3.57. The van der Waals surface area contributed by atoms with E-state index in [0.717, 1.165) is 30.5 Å². The van der Waals surface area contributed by atoms with Crippen LogP contribution in [0.2, 0.25) is 5.02 Å². The molecule has 1 aliphatic heterocycles. The lowest BCUT2D eigenvalue weighted by atomic mass is 9.74. The number of rotatable bonds is 6. The van der Waals surface area contributed by atoms with Gasteiger partial charge in [-0.05, 0) is 48.7 Å². The molecule has 0 unspecified atom stereocenters. The van der Waals surface area contributed by atoms with Crippen molar-refractivity contribution in [2.75, 3.05) is 26.4 Å². The van der Waals surface area contributed by atoms with Gasteiger partial charge in [0.25, 0.3) is 5.91 Å². The SMILES string of the molecule is O=C(COc1cccc(C(F)(F)F)c1)NCC1(c2cccc(Cl)c2)CCOCC1. The summed E-state index contributed by atoms with van der Waals surface area (Å²) in [7, 11) is 0. The van der Waals surface area contributed by atoms with E-state index in [2.05, 4.69) is 5.32 Å². The highest BCUT2D eigenvalue weighted by atomic mass is 35.5. The van der Waals surface area contributed by atoms with Crippen LogP contribution in [0.1, 0.15) is 24.0 Å². The van der Waals surface area contributed by atoms with Gasteiger partial charge in [0.1, 0.15) is 5.75 Å². The molecule has 2 aromatic carbocycles. The molecule has 1 aliphatic rings. The minimum atomic E-state index is -4.46. The zero-order valence-electron chi connectivity index (χ0n) is 15.6. The molecule has 1 heterocycles. The van der Waals surface area contributed by atoms with Crippen LogP contribution in [-0.2, 0) is 21.1 Å². The first-order chi connectivity index (χ1) is 13.8. The fourth-order valence-electron chi connectivity index (χ4n) is 3.38. The third kappa shape index (κ3) is 5.64. The van der Waals surface area contributed by atoms with Crippen molar-refractivity contribution in [3.63, 3.8) is 0 Å². The Kier molecular flexibility index (Phi) is 6.70. The van der Waals surface area contributed by atoms with Crippen molar-refractivity contribution in [2.45, 2.75) is 24.4 Å². The van der Waals surface area contributed by atoms with Crippen LogP contribution in [0.25, 0.3) is 0 Å². The topological polar surface area (TPSA) is 47.6 Å². The molecule has 3 rings (SSSR count). The number of benzene rings is 2. The maximum Gasteiger partial charge on any atom is 0.416 e. The molecule has 0 spiro atoms. The van der Waals surface area contributed by atoms with Crippen LogP contribution in [0.15, 0.2) is 48.5 Å². The Balaban J connectivity index is 1.61. The average molecular weight is 428 g/mol. The number of hydrogen-bond acceptors (Lipinski definition) is 3. The summed E-state index contributed by atoms with van der Waals surface area (Å²) in [6.07, 6.45) is -3.02. The van der Waals surface area contributed by atoms with Crippen molar-refractivity contribution in [1.29, 1.82) is 0 Å². The predicted octanol–water partition coefficient (Wildman–Crippen LogP) is 4.60. The summed E-state index contributed by atoms with van der Waals surface area (Å²) < 4.78 is 49.0. The molecule has 1 amide bonds. The van der Waals surface area contributed by atoms with Crippen molar-refractivity contribution < 1.29 is 27.4 Å². The van der Waals surface area contributed by atoms with Crippen LogP contribution in [0, 0.1) is 0 Å². The van der Waals surface area contributed by atoms with E-state index >= 15 is 0 Å². The van der Waals surface area contributed by atoms with Gasteiger partial charge in [0.2, 0.25) is 0 Å². The summed E-state index contributed by atoms with van der Waals surface area (Å²) in [6.45, 7) is 1.14. The molecule has 0 atom stereocenters. The van der Waals surface area contributed by atoms with Gasteiger partial charge in [-0.2, -0.15) is 13.2 Å². The summed E-state index contributed by atoms with van der Waals surface area (Å²) in [4.78, 5) is 12.3. The van der Waals surface area contributed by atoms with Gasteiger partial charge in [-0.1, -0.05) is 29.8 Å². The quantitative estimate of drug-likeness (QED) is 0.732. The second kappa shape index (κ2) is 9.05. The van der Waals surface area contributed by atoms with Crippen LogP contribution >= 0.6 is 11.6 Å². The lowest BCUT2D eigenvalue weighted by Gasteiger charge is -2.38. The number of ether oxygens (including phenoxy) is 2. The Morgan fingerprint density at radius 2 is 1.86 bits per heavy atom. The van der Waals surface area contributed by atoms with Gasteiger partial charge in [-0.3, -0.25) is 4.79 Å². The molecule has 156 valence electrons. The monoisotopic (exact) mass is 427 g/mol. The highest BCUT2D eigenvalue weighted by molar-refractivity contribution is 6.30. The smallest absolute Gasteiger partial charge is 0.416 e. The largest absolute Gasteiger partial charge is 0.484 e. The number of halogens is 4. The maximum atomic E-state index is 12.8. The Morgan fingerprint density at radius 3 is 2.55 bits per heavy atom. The van der Waals surface area contributed by atoms with Gasteiger partial charge in [0, 0.05) is 30.2 Å². The summed E-state index contributed by atoms with van der Waals surface area (Å²) in [6, 6.07) is 12.0. The summed E-state index contributed by atoms with van der Waals surface area (Å²) in [5.41, 5.74) is -0.112.